The number of nitrogens with zero attached hydrogens (tertiary/aromatic N) is 1. The third-order valence-electron chi connectivity index (χ3n) is 3.00. The van der Waals surface area contributed by atoms with Gasteiger partial charge in [0.05, 0.1) is 0 Å². The molecule has 2 rings (SSSR count). The molecule has 0 radical (unpaired) electrons. The van der Waals surface area contributed by atoms with Crippen LogP contribution in [0.4, 0.5) is 5.69 Å². The molecule has 80 valence electrons. The fraction of sp³-hybridized carbons (Fsp3) is 0.462. The van der Waals surface area contributed by atoms with Crippen molar-refractivity contribution in [3.8, 4) is 0 Å². The first kappa shape index (κ1) is 10.2. The second-order valence-electron chi connectivity index (χ2n) is 4.49. The van der Waals surface area contributed by atoms with Crippen molar-refractivity contribution in [2.75, 3.05) is 18.5 Å². The highest BCUT2D eigenvalue weighted by atomic mass is 16.1. The predicted octanol–water partition coefficient (Wildman–Crippen LogP) is 2.65. The Bertz CT molecular complexity index is 369. The van der Waals surface area contributed by atoms with Gasteiger partial charge in [-0.25, -0.2) is 0 Å². The maximum atomic E-state index is 10.6. The lowest BCUT2D eigenvalue weighted by Gasteiger charge is -2.21. The van der Waals surface area contributed by atoms with Crippen LogP contribution in [0.1, 0.15) is 28.8 Å². The first-order valence-corrected chi connectivity index (χ1v) is 5.47. The van der Waals surface area contributed by atoms with Crippen LogP contribution in [0.25, 0.3) is 0 Å². The van der Waals surface area contributed by atoms with Crippen LogP contribution in [0.5, 0.6) is 0 Å². The minimum Gasteiger partial charge on any atom is -0.374 e. The maximum absolute atomic E-state index is 10.6. The highest BCUT2D eigenvalue weighted by molar-refractivity contribution is 5.76. The molecule has 0 heterocycles. The molecule has 0 bridgehead atoms. The smallest absolute Gasteiger partial charge is 0.150 e. The van der Waals surface area contributed by atoms with Gasteiger partial charge in [0, 0.05) is 24.8 Å². The summed E-state index contributed by atoms with van der Waals surface area (Å²) in [5.41, 5.74) is 3.19. The number of rotatable bonds is 4. The minimum atomic E-state index is 0.760. The molecule has 0 aromatic heterocycles. The van der Waals surface area contributed by atoms with Gasteiger partial charge in [-0.05, 0) is 49.4 Å². The number of hydrogen-bond donors (Lipinski definition) is 0. The SMILES string of the molecule is Cc1cc(C=O)ccc1N(C)CC1CC1. The van der Waals surface area contributed by atoms with E-state index in [-0.39, 0.29) is 0 Å². The van der Waals surface area contributed by atoms with E-state index in [1.165, 1.54) is 24.1 Å². The summed E-state index contributed by atoms with van der Waals surface area (Å²) in [7, 11) is 2.13. The van der Waals surface area contributed by atoms with Crippen LogP contribution in [-0.2, 0) is 0 Å². The van der Waals surface area contributed by atoms with Crippen molar-refractivity contribution < 1.29 is 4.79 Å². The van der Waals surface area contributed by atoms with Crippen molar-refractivity contribution in [2.45, 2.75) is 19.8 Å². The van der Waals surface area contributed by atoms with E-state index in [0.29, 0.717) is 0 Å². The number of aldehydes is 1. The summed E-state index contributed by atoms with van der Waals surface area (Å²) in [5.74, 6) is 0.889. The molecular weight excluding hydrogens is 186 g/mol. The maximum Gasteiger partial charge on any atom is 0.150 e. The Hall–Kier alpha value is -1.31. The predicted molar refractivity (Wildman–Crippen MR) is 62.6 cm³/mol. The third kappa shape index (κ3) is 2.38. The molecule has 2 heteroatoms. The molecular formula is C13H17NO. The van der Waals surface area contributed by atoms with Crippen molar-refractivity contribution >= 4 is 12.0 Å². The summed E-state index contributed by atoms with van der Waals surface area (Å²) in [5, 5.41) is 0. The fourth-order valence-corrected chi connectivity index (χ4v) is 1.97. The topological polar surface area (TPSA) is 20.3 Å². The number of benzene rings is 1. The average molecular weight is 203 g/mol. The molecule has 1 aliphatic carbocycles. The first-order valence-electron chi connectivity index (χ1n) is 5.47. The van der Waals surface area contributed by atoms with E-state index in [1.807, 2.05) is 18.2 Å². The van der Waals surface area contributed by atoms with E-state index in [9.17, 15) is 4.79 Å². The van der Waals surface area contributed by atoms with Gasteiger partial charge in [0.1, 0.15) is 6.29 Å². The number of anilines is 1. The standard InChI is InChI=1S/C13H17NO/c1-10-7-12(9-15)5-6-13(10)14(2)8-11-3-4-11/h5-7,9,11H,3-4,8H2,1-2H3. The molecule has 0 saturated heterocycles. The van der Waals surface area contributed by atoms with Crippen LogP contribution in [0.2, 0.25) is 0 Å². The second-order valence-corrected chi connectivity index (χ2v) is 4.49. The number of hydrogen-bond acceptors (Lipinski definition) is 2. The number of carbonyl (C=O) groups excluding carboxylic acids is 1. The van der Waals surface area contributed by atoms with Gasteiger partial charge in [0.2, 0.25) is 0 Å². The van der Waals surface area contributed by atoms with E-state index in [4.69, 9.17) is 0 Å². The van der Waals surface area contributed by atoms with Crippen molar-refractivity contribution in [1.82, 2.24) is 0 Å². The van der Waals surface area contributed by atoms with Crippen molar-refractivity contribution in [3.05, 3.63) is 29.3 Å². The van der Waals surface area contributed by atoms with E-state index >= 15 is 0 Å². The molecule has 1 aliphatic rings. The monoisotopic (exact) mass is 203 g/mol. The lowest BCUT2D eigenvalue weighted by molar-refractivity contribution is 0.112. The summed E-state index contributed by atoms with van der Waals surface area (Å²) in [6.45, 7) is 3.20. The summed E-state index contributed by atoms with van der Waals surface area (Å²) in [6, 6.07) is 5.88. The Morgan fingerprint density at radius 3 is 2.73 bits per heavy atom. The molecule has 15 heavy (non-hydrogen) atoms. The summed E-state index contributed by atoms with van der Waals surface area (Å²) in [4.78, 5) is 12.9. The van der Waals surface area contributed by atoms with Crippen molar-refractivity contribution in [3.63, 3.8) is 0 Å². The van der Waals surface area contributed by atoms with Gasteiger partial charge >= 0.3 is 0 Å². The van der Waals surface area contributed by atoms with Gasteiger partial charge in [0.15, 0.2) is 0 Å². The van der Waals surface area contributed by atoms with Gasteiger partial charge in [-0.2, -0.15) is 0 Å². The molecule has 0 amide bonds. The minimum absolute atomic E-state index is 0.760. The van der Waals surface area contributed by atoms with Crippen LogP contribution in [0.15, 0.2) is 18.2 Å². The highest BCUT2D eigenvalue weighted by Crippen LogP contribution is 2.31. The van der Waals surface area contributed by atoms with E-state index in [1.54, 1.807) is 0 Å². The normalized spacial score (nSPS) is 15.1. The molecule has 2 nitrogen and oxygen atoms in total. The lowest BCUT2D eigenvalue weighted by atomic mass is 10.1. The molecule has 0 unspecified atom stereocenters. The molecule has 1 saturated carbocycles. The number of carbonyl (C=O) groups is 1. The quantitative estimate of drug-likeness (QED) is 0.701. The van der Waals surface area contributed by atoms with Crippen LogP contribution >= 0.6 is 0 Å². The Morgan fingerprint density at radius 2 is 2.20 bits per heavy atom. The second kappa shape index (κ2) is 4.05. The largest absolute Gasteiger partial charge is 0.374 e. The highest BCUT2D eigenvalue weighted by Gasteiger charge is 2.23. The average Bonchev–Trinajstić information content (AvgIpc) is 3.01. The van der Waals surface area contributed by atoms with Crippen LogP contribution < -0.4 is 4.90 Å². The van der Waals surface area contributed by atoms with Crippen LogP contribution in [-0.4, -0.2) is 19.9 Å². The summed E-state index contributed by atoms with van der Waals surface area (Å²) >= 11 is 0. The van der Waals surface area contributed by atoms with Gasteiger partial charge in [-0.3, -0.25) is 4.79 Å². The third-order valence-corrected chi connectivity index (χ3v) is 3.00. The van der Waals surface area contributed by atoms with Crippen LogP contribution in [0.3, 0.4) is 0 Å². The van der Waals surface area contributed by atoms with Gasteiger partial charge in [0.25, 0.3) is 0 Å². The molecule has 1 aromatic rings. The van der Waals surface area contributed by atoms with E-state index in [2.05, 4.69) is 18.9 Å². The zero-order valence-electron chi connectivity index (χ0n) is 9.36. The Morgan fingerprint density at radius 1 is 1.47 bits per heavy atom. The Balaban J connectivity index is 2.15. The molecule has 1 fully saturated rings. The molecule has 0 aliphatic heterocycles. The Labute approximate surface area is 90.9 Å². The number of aryl methyl sites for hydroxylation is 1. The zero-order chi connectivity index (χ0) is 10.8. The van der Waals surface area contributed by atoms with Gasteiger partial charge in [-0.1, -0.05) is 0 Å². The van der Waals surface area contributed by atoms with E-state index < -0.39 is 0 Å². The van der Waals surface area contributed by atoms with E-state index in [0.717, 1.165) is 24.3 Å². The fourth-order valence-electron chi connectivity index (χ4n) is 1.97. The summed E-state index contributed by atoms with van der Waals surface area (Å²) < 4.78 is 0. The van der Waals surface area contributed by atoms with Crippen LogP contribution in [0, 0.1) is 12.8 Å². The molecule has 1 aromatic carbocycles. The zero-order valence-corrected chi connectivity index (χ0v) is 9.36. The first-order chi connectivity index (χ1) is 7.20. The van der Waals surface area contributed by atoms with Gasteiger partial charge < -0.3 is 4.90 Å². The van der Waals surface area contributed by atoms with Gasteiger partial charge in [-0.15, -0.1) is 0 Å². The Kier molecular flexibility index (Phi) is 2.76. The van der Waals surface area contributed by atoms with Crippen molar-refractivity contribution in [1.29, 1.82) is 0 Å². The lowest BCUT2D eigenvalue weighted by Crippen LogP contribution is -2.20. The van der Waals surface area contributed by atoms with Crippen molar-refractivity contribution in [2.24, 2.45) is 5.92 Å². The summed E-state index contributed by atoms with van der Waals surface area (Å²) in [6.07, 6.45) is 3.64. The molecule has 0 spiro atoms. The molecule has 0 atom stereocenters. The molecule has 0 N–H and O–H groups in total.